The van der Waals surface area contributed by atoms with Gasteiger partial charge in [0, 0.05) is 16.4 Å². The van der Waals surface area contributed by atoms with Gasteiger partial charge in [0.2, 0.25) is 0 Å². The number of fused-ring (bicyclic) bond motifs is 1. The topological polar surface area (TPSA) is 148 Å². The Hall–Kier alpha value is -3.12. The van der Waals surface area contributed by atoms with E-state index in [0.717, 1.165) is 63.3 Å². The van der Waals surface area contributed by atoms with Crippen molar-refractivity contribution >= 4 is 34.2 Å². The van der Waals surface area contributed by atoms with Crippen LogP contribution in [0.4, 0.5) is 0 Å². The Morgan fingerprint density at radius 1 is 0.783 bits per heavy atom. The standard InChI is InChI=1S/C19H30N2O3S.C15H24N2O3S/c1-11-12(2)16-14(9-10-19(7,8)23-16)13(3)15(11)24-25(22)21-17(20)18(4,5)6;1-9-8-12(19-7)10(2)11(3)13(9)20-21(18)17-14(16)15(4,5)6/h9-10H2,1-8H3,(H2,20,21);8H,1-7H3,(H2,16,17). The molecule has 0 saturated heterocycles. The van der Waals surface area contributed by atoms with Crippen LogP contribution in [0.25, 0.3) is 0 Å². The molecule has 2 atom stereocenters. The lowest BCUT2D eigenvalue weighted by Crippen LogP contribution is -2.33. The lowest BCUT2D eigenvalue weighted by Gasteiger charge is -2.35. The normalized spacial score (nSPS) is 16.3. The van der Waals surface area contributed by atoms with Crippen molar-refractivity contribution in [2.45, 2.75) is 115 Å². The molecule has 46 heavy (non-hydrogen) atoms. The van der Waals surface area contributed by atoms with Gasteiger partial charge in [0.25, 0.3) is 0 Å². The zero-order chi connectivity index (χ0) is 35.5. The maximum atomic E-state index is 12.3. The molecule has 2 unspecified atom stereocenters. The second-order valence-electron chi connectivity index (χ2n) is 14.4. The smallest absolute Gasteiger partial charge is 0.340 e. The Morgan fingerprint density at radius 3 is 1.70 bits per heavy atom. The van der Waals surface area contributed by atoms with Crippen LogP contribution in [0.5, 0.6) is 23.0 Å². The summed E-state index contributed by atoms with van der Waals surface area (Å²) in [6.45, 7) is 27.3. The Morgan fingerprint density at radius 2 is 1.24 bits per heavy atom. The van der Waals surface area contributed by atoms with Gasteiger partial charge in [0.1, 0.15) is 40.3 Å². The molecule has 0 saturated carbocycles. The fourth-order valence-electron chi connectivity index (χ4n) is 4.45. The van der Waals surface area contributed by atoms with E-state index in [1.807, 2.05) is 89.2 Å². The molecule has 4 N–H and O–H groups in total. The maximum absolute atomic E-state index is 12.3. The molecule has 0 radical (unpaired) electrons. The van der Waals surface area contributed by atoms with Crippen molar-refractivity contribution in [3.05, 3.63) is 45.0 Å². The van der Waals surface area contributed by atoms with Gasteiger partial charge in [-0.2, -0.15) is 8.42 Å². The molecule has 12 heteroatoms. The fraction of sp³-hybridized carbons (Fsp3) is 0.588. The van der Waals surface area contributed by atoms with Crippen LogP contribution in [0.15, 0.2) is 14.9 Å². The molecule has 258 valence electrons. The second kappa shape index (κ2) is 14.8. The third kappa shape index (κ3) is 9.70. The molecule has 1 aliphatic rings. The third-order valence-corrected chi connectivity index (χ3v) is 9.37. The number of methoxy groups -OCH3 is 1. The van der Waals surface area contributed by atoms with Gasteiger partial charge < -0.3 is 29.3 Å². The van der Waals surface area contributed by atoms with Crippen LogP contribution in [0, 0.1) is 52.4 Å². The number of aryl methyl sites for hydroxylation is 1. The Balaban J connectivity index is 0.000000326. The Kier molecular flexibility index (Phi) is 12.5. The summed E-state index contributed by atoms with van der Waals surface area (Å²) in [5.41, 5.74) is 17.6. The lowest BCUT2D eigenvalue weighted by atomic mass is 9.88. The molecule has 3 rings (SSSR count). The molecule has 0 aromatic heterocycles. The summed E-state index contributed by atoms with van der Waals surface area (Å²) in [6.07, 6.45) is 1.84. The first-order valence-corrected chi connectivity index (χ1v) is 17.3. The molecule has 2 aromatic rings. The van der Waals surface area contributed by atoms with Crippen LogP contribution in [0.1, 0.15) is 101 Å². The predicted octanol–water partition coefficient (Wildman–Crippen LogP) is 7.06. The van der Waals surface area contributed by atoms with E-state index in [-0.39, 0.29) is 16.4 Å². The first-order valence-electron chi connectivity index (χ1n) is 15.3. The largest absolute Gasteiger partial charge is 0.496 e. The first kappa shape index (κ1) is 39.1. The van der Waals surface area contributed by atoms with Crippen molar-refractivity contribution in [3.8, 4) is 23.0 Å². The molecule has 0 amide bonds. The zero-order valence-electron chi connectivity index (χ0n) is 30.3. The summed E-state index contributed by atoms with van der Waals surface area (Å²) in [6, 6.07) is 1.85. The van der Waals surface area contributed by atoms with Crippen LogP contribution in [-0.2, 0) is 29.0 Å². The highest BCUT2D eigenvalue weighted by Crippen LogP contribution is 2.44. The van der Waals surface area contributed by atoms with Crippen LogP contribution in [-0.4, -0.2) is 32.8 Å². The molecule has 2 aromatic carbocycles. The van der Waals surface area contributed by atoms with Crippen LogP contribution >= 0.6 is 0 Å². The SMILES string of the molecule is COc1cc(C)c(OS(=O)N=C(N)C(C)(C)C)c(C)c1C.Cc1c(C)c2c(c(C)c1OS(=O)N=C(N)C(C)(C)C)CCC(C)(C)O2. The Labute approximate surface area is 281 Å². The van der Waals surface area contributed by atoms with Crippen molar-refractivity contribution in [1.82, 2.24) is 0 Å². The number of hydrogen-bond acceptors (Lipinski definition) is 6. The second-order valence-corrected chi connectivity index (χ2v) is 16.0. The van der Waals surface area contributed by atoms with E-state index in [4.69, 9.17) is 29.3 Å². The van der Waals surface area contributed by atoms with E-state index in [2.05, 4.69) is 22.6 Å². The first-order chi connectivity index (χ1) is 20.9. The van der Waals surface area contributed by atoms with E-state index in [0.29, 0.717) is 23.2 Å². The minimum absolute atomic E-state index is 0.173. The minimum Gasteiger partial charge on any atom is -0.496 e. The van der Waals surface area contributed by atoms with E-state index in [1.165, 1.54) is 0 Å². The number of hydrogen-bond donors (Lipinski definition) is 2. The molecular formula is C34H54N4O6S2. The zero-order valence-corrected chi connectivity index (χ0v) is 31.9. The van der Waals surface area contributed by atoms with E-state index < -0.39 is 22.5 Å². The van der Waals surface area contributed by atoms with Crippen molar-refractivity contribution in [1.29, 1.82) is 0 Å². The summed E-state index contributed by atoms with van der Waals surface area (Å²) >= 11 is -3.73. The molecule has 1 heterocycles. The van der Waals surface area contributed by atoms with Crippen LogP contribution in [0.3, 0.4) is 0 Å². The summed E-state index contributed by atoms with van der Waals surface area (Å²) in [4.78, 5) is 0. The van der Waals surface area contributed by atoms with Gasteiger partial charge in [0.05, 0.1) is 7.11 Å². The summed E-state index contributed by atoms with van der Waals surface area (Å²) in [5.74, 6) is 3.48. The van der Waals surface area contributed by atoms with Crippen molar-refractivity contribution in [3.63, 3.8) is 0 Å². The molecule has 0 spiro atoms. The van der Waals surface area contributed by atoms with Crippen LogP contribution in [0.2, 0.25) is 0 Å². The van der Waals surface area contributed by atoms with E-state index >= 15 is 0 Å². The maximum Gasteiger partial charge on any atom is 0.340 e. The summed E-state index contributed by atoms with van der Waals surface area (Å²) < 4.78 is 55.0. The van der Waals surface area contributed by atoms with Gasteiger partial charge in [-0.1, -0.05) is 41.5 Å². The number of benzene rings is 2. The van der Waals surface area contributed by atoms with Gasteiger partial charge >= 0.3 is 22.5 Å². The summed E-state index contributed by atoms with van der Waals surface area (Å²) in [5, 5.41) is 0. The van der Waals surface area contributed by atoms with Crippen LogP contribution < -0.4 is 29.3 Å². The van der Waals surface area contributed by atoms with Gasteiger partial charge in [-0.15, -0.1) is 8.80 Å². The van der Waals surface area contributed by atoms with Gasteiger partial charge in [-0.05, 0) is 108 Å². The highest BCUT2D eigenvalue weighted by Gasteiger charge is 2.31. The molecule has 1 aliphatic heterocycles. The Bertz CT molecular complexity index is 1570. The fourth-order valence-corrected chi connectivity index (χ4v) is 6.18. The molecule has 10 nitrogen and oxygen atoms in total. The van der Waals surface area contributed by atoms with Gasteiger partial charge in [0.15, 0.2) is 0 Å². The molecule has 0 aliphatic carbocycles. The van der Waals surface area contributed by atoms with E-state index in [1.54, 1.807) is 7.11 Å². The average molecular weight is 679 g/mol. The number of rotatable bonds is 7. The monoisotopic (exact) mass is 678 g/mol. The highest BCUT2D eigenvalue weighted by atomic mass is 32.2. The van der Waals surface area contributed by atoms with E-state index in [9.17, 15) is 8.42 Å². The van der Waals surface area contributed by atoms with Crippen molar-refractivity contribution in [2.24, 2.45) is 31.1 Å². The third-order valence-electron chi connectivity index (χ3n) is 8.06. The van der Waals surface area contributed by atoms with Crippen molar-refractivity contribution in [2.75, 3.05) is 7.11 Å². The molecular weight excluding hydrogens is 625 g/mol. The number of ether oxygens (including phenoxy) is 2. The number of nitrogens with two attached hydrogens (primary N) is 2. The van der Waals surface area contributed by atoms with Crippen molar-refractivity contribution < 1.29 is 26.3 Å². The van der Waals surface area contributed by atoms with Gasteiger partial charge in [-0.25, -0.2) is 0 Å². The molecule has 0 bridgehead atoms. The average Bonchev–Trinajstić information content (AvgIpc) is 2.93. The number of nitrogens with zero attached hydrogens (tertiary/aromatic N) is 2. The predicted molar refractivity (Wildman–Crippen MR) is 191 cm³/mol. The number of amidine groups is 2. The minimum atomic E-state index is -1.87. The quantitative estimate of drug-likeness (QED) is 0.234. The highest BCUT2D eigenvalue weighted by molar-refractivity contribution is 7.79. The van der Waals surface area contributed by atoms with Gasteiger partial charge in [-0.3, -0.25) is 0 Å². The molecule has 0 fully saturated rings. The summed E-state index contributed by atoms with van der Waals surface area (Å²) in [7, 11) is 1.62. The lowest BCUT2D eigenvalue weighted by molar-refractivity contribution is 0.0832.